The molecule has 21 heavy (non-hydrogen) atoms. The number of rotatable bonds is 5. The highest BCUT2D eigenvalue weighted by Gasteiger charge is 2.34. The summed E-state index contributed by atoms with van der Waals surface area (Å²) in [5.41, 5.74) is 1.56. The molecule has 1 aliphatic heterocycles. The third kappa shape index (κ3) is 3.53. The van der Waals surface area contributed by atoms with Crippen LogP contribution >= 0.6 is 0 Å². The summed E-state index contributed by atoms with van der Waals surface area (Å²) in [7, 11) is 0. The van der Waals surface area contributed by atoms with E-state index in [9.17, 15) is 4.79 Å². The molecule has 0 aromatic carbocycles. The van der Waals surface area contributed by atoms with Crippen LogP contribution in [0.5, 0.6) is 0 Å². The van der Waals surface area contributed by atoms with E-state index in [1.807, 2.05) is 26.0 Å². The second-order valence-electron chi connectivity index (χ2n) is 6.10. The first kappa shape index (κ1) is 14.3. The Hall–Kier alpha value is -1.62. The SMILES string of the molecule is CCNc1cc(C(=O)NC2CCN(C3CC3)C2)cc(C)n1. The van der Waals surface area contributed by atoms with Crippen LogP contribution in [0.15, 0.2) is 12.1 Å². The van der Waals surface area contributed by atoms with Crippen molar-refractivity contribution in [1.82, 2.24) is 15.2 Å². The summed E-state index contributed by atoms with van der Waals surface area (Å²) >= 11 is 0. The molecule has 0 bridgehead atoms. The van der Waals surface area contributed by atoms with Gasteiger partial charge in [0.2, 0.25) is 0 Å². The number of nitrogens with zero attached hydrogens (tertiary/aromatic N) is 2. The van der Waals surface area contributed by atoms with E-state index in [-0.39, 0.29) is 11.9 Å². The third-order valence-electron chi connectivity index (χ3n) is 4.19. The molecule has 5 nitrogen and oxygen atoms in total. The molecular formula is C16H24N4O. The molecule has 0 spiro atoms. The van der Waals surface area contributed by atoms with Gasteiger partial charge in [-0.2, -0.15) is 0 Å². The monoisotopic (exact) mass is 288 g/mol. The number of aryl methyl sites for hydroxylation is 1. The van der Waals surface area contributed by atoms with Crippen LogP contribution in [0, 0.1) is 6.92 Å². The lowest BCUT2D eigenvalue weighted by atomic mass is 10.2. The Balaban J connectivity index is 1.62. The van der Waals surface area contributed by atoms with Crippen LogP contribution in [0.3, 0.4) is 0 Å². The van der Waals surface area contributed by atoms with Gasteiger partial charge in [0.1, 0.15) is 5.82 Å². The van der Waals surface area contributed by atoms with E-state index in [0.29, 0.717) is 5.56 Å². The Bertz CT molecular complexity index is 527. The van der Waals surface area contributed by atoms with E-state index in [2.05, 4.69) is 20.5 Å². The first-order valence-electron chi connectivity index (χ1n) is 7.93. The van der Waals surface area contributed by atoms with Gasteiger partial charge in [-0.15, -0.1) is 0 Å². The lowest BCUT2D eigenvalue weighted by Gasteiger charge is -2.16. The van der Waals surface area contributed by atoms with Gasteiger partial charge in [0.25, 0.3) is 5.91 Å². The Morgan fingerprint density at radius 1 is 1.38 bits per heavy atom. The number of carbonyl (C=O) groups is 1. The molecule has 1 saturated carbocycles. The van der Waals surface area contributed by atoms with E-state index < -0.39 is 0 Å². The van der Waals surface area contributed by atoms with Crippen LogP contribution in [0.1, 0.15) is 42.2 Å². The van der Waals surface area contributed by atoms with Crippen molar-refractivity contribution >= 4 is 11.7 Å². The summed E-state index contributed by atoms with van der Waals surface area (Å²) in [5.74, 6) is 0.788. The highest BCUT2D eigenvalue weighted by Crippen LogP contribution is 2.29. The maximum absolute atomic E-state index is 12.4. The van der Waals surface area contributed by atoms with Crippen molar-refractivity contribution in [3.63, 3.8) is 0 Å². The predicted octanol–water partition coefficient (Wildman–Crippen LogP) is 1.79. The molecule has 1 aromatic rings. The van der Waals surface area contributed by atoms with Gasteiger partial charge in [-0.1, -0.05) is 0 Å². The van der Waals surface area contributed by atoms with Crippen LogP contribution in [0.2, 0.25) is 0 Å². The number of carbonyl (C=O) groups excluding carboxylic acids is 1. The van der Waals surface area contributed by atoms with Crippen LogP contribution < -0.4 is 10.6 Å². The first-order chi connectivity index (χ1) is 10.2. The average molecular weight is 288 g/mol. The molecule has 5 heteroatoms. The molecule has 2 aliphatic rings. The summed E-state index contributed by atoms with van der Waals surface area (Å²) in [6, 6.07) is 4.76. The zero-order valence-electron chi connectivity index (χ0n) is 12.9. The van der Waals surface area contributed by atoms with Gasteiger partial charge >= 0.3 is 0 Å². The number of likely N-dealkylation sites (tertiary alicyclic amines) is 1. The zero-order valence-corrected chi connectivity index (χ0v) is 12.9. The van der Waals surface area contributed by atoms with Crippen LogP contribution in [0.25, 0.3) is 0 Å². The maximum Gasteiger partial charge on any atom is 0.251 e. The topological polar surface area (TPSA) is 57.3 Å². The average Bonchev–Trinajstić information content (AvgIpc) is 3.19. The van der Waals surface area contributed by atoms with E-state index in [0.717, 1.165) is 43.6 Å². The van der Waals surface area contributed by atoms with Gasteiger partial charge < -0.3 is 10.6 Å². The third-order valence-corrected chi connectivity index (χ3v) is 4.19. The molecule has 1 saturated heterocycles. The normalized spacial score (nSPS) is 22.3. The highest BCUT2D eigenvalue weighted by molar-refractivity contribution is 5.95. The van der Waals surface area contributed by atoms with Crippen LogP contribution in [0.4, 0.5) is 5.82 Å². The number of aromatic nitrogens is 1. The van der Waals surface area contributed by atoms with Crippen molar-refractivity contribution in [2.45, 2.75) is 45.2 Å². The van der Waals surface area contributed by atoms with Gasteiger partial charge in [0, 0.05) is 43.0 Å². The molecule has 2 heterocycles. The van der Waals surface area contributed by atoms with Gasteiger partial charge in [0.05, 0.1) is 0 Å². The molecule has 0 radical (unpaired) electrons. The summed E-state index contributed by atoms with van der Waals surface area (Å²) in [6.07, 6.45) is 3.72. The number of hydrogen-bond donors (Lipinski definition) is 2. The molecule has 114 valence electrons. The van der Waals surface area contributed by atoms with Crippen LogP contribution in [-0.2, 0) is 0 Å². The molecule has 2 N–H and O–H groups in total. The molecule has 1 aliphatic carbocycles. The Morgan fingerprint density at radius 2 is 2.19 bits per heavy atom. The van der Waals surface area contributed by atoms with E-state index in [1.165, 1.54) is 12.8 Å². The number of hydrogen-bond acceptors (Lipinski definition) is 4. The fraction of sp³-hybridized carbons (Fsp3) is 0.625. The van der Waals surface area contributed by atoms with Gasteiger partial charge in [-0.3, -0.25) is 9.69 Å². The lowest BCUT2D eigenvalue weighted by molar-refractivity contribution is 0.0937. The number of amides is 1. The molecule has 1 aromatic heterocycles. The lowest BCUT2D eigenvalue weighted by Crippen LogP contribution is -2.37. The Kier molecular flexibility index (Phi) is 4.10. The van der Waals surface area contributed by atoms with Crippen molar-refractivity contribution in [1.29, 1.82) is 0 Å². The largest absolute Gasteiger partial charge is 0.370 e. The fourth-order valence-corrected chi connectivity index (χ4v) is 3.02. The predicted molar refractivity (Wildman–Crippen MR) is 83.6 cm³/mol. The first-order valence-corrected chi connectivity index (χ1v) is 7.93. The summed E-state index contributed by atoms with van der Waals surface area (Å²) < 4.78 is 0. The summed E-state index contributed by atoms with van der Waals surface area (Å²) in [4.78, 5) is 19.3. The summed E-state index contributed by atoms with van der Waals surface area (Å²) in [5, 5.41) is 6.34. The minimum atomic E-state index is 0.0160. The molecule has 1 atom stereocenters. The minimum Gasteiger partial charge on any atom is -0.370 e. The molecule has 1 unspecified atom stereocenters. The Morgan fingerprint density at radius 3 is 2.90 bits per heavy atom. The minimum absolute atomic E-state index is 0.0160. The zero-order chi connectivity index (χ0) is 14.8. The molecule has 2 fully saturated rings. The molecular weight excluding hydrogens is 264 g/mol. The highest BCUT2D eigenvalue weighted by atomic mass is 16.1. The van der Waals surface area contributed by atoms with E-state index in [1.54, 1.807) is 0 Å². The quantitative estimate of drug-likeness (QED) is 0.867. The van der Waals surface area contributed by atoms with Crippen molar-refractivity contribution in [2.75, 3.05) is 25.0 Å². The molecule has 1 amide bonds. The van der Waals surface area contributed by atoms with Crippen molar-refractivity contribution < 1.29 is 4.79 Å². The van der Waals surface area contributed by atoms with Gasteiger partial charge in [0.15, 0.2) is 0 Å². The van der Waals surface area contributed by atoms with Crippen LogP contribution in [-0.4, -0.2) is 47.5 Å². The standard InChI is InChI=1S/C16H24N4O/c1-3-17-15-9-12(8-11(2)18-15)16(21)19-13-6-7-20(10-13)14-4-5-14/h8-9,13-14H,3-7,10H2,1-2H3,(H,17,18)(H,19,21). The maximum atomic E-state index is 12.4. The second-order valence-corrected chi connectivity index (χ2v) is 6.10. The summed E-state index contributed by atoms with van der Waals surface area (Å²) in [6.45, 7) is 6.86. The number of pyridine rings is 1. The number of nitrogens with one attached hydrogen (secondary N) is 2. The van der Waals surface area contributed by atoms with Crippen molar-refractivity contribution in [2.24, 2.45) is 0 Å². The van der Waals surface area contributed by atoms with E-state index in [4.69, 9.17) is 0 Å². The smallest absolute Gasteiger partial charge is 0.251 e. The van der Waals surface area contributed by atoms with Gasteiger partial charge in [-0.25, -0.2) is 4.98 Å². The van der Waals surface area contributed by atoms with E-state index >= 15 is 0 Å². The second kappa shape index (κ2) is 6.02. The van der Waals surface area contributed by atoms with Crippen molar-refractivity contribution in [3.8, 4) is 0 Å². The fourth-order valence-electron chi connectivity index (χ4n) is 3.02. The Labute approximate surface area is 126 Å². The van der Waals surface area contributed by atoms with Gasteiger partial charge in [-0.05, 0) is 45.2 Å². The number of anilines is 1. The molecule has 3 rings (SSSR count). The van der Waals surface area contributed by atoms with Crippen molar-refractivity contribution in [3.05, 3.63) is 23.4 Å².